The maximum Gasteiger partial charge on any atom is 0.338 e. The van der Waals surface area contributed by atoms with Gasteiger partial charge in [-0.15, -0.1) is 0 Å². The van der Waals surface area contributed by atoms with Gasteiger partial charge in [-0.1, -0.05) is 23.7 Å². The van der Waals surface area contributed by atoms with Gasteiger partial charge in [-0.3, -0.25) is 4.90 Å². The van der Waals surface area contributed by atoms with E-state index in [0.717, 1.165) is 0 Å². The molecule has 0 bridgehead atoms. The Hall–Kier alpha value is -2.99. The highest BCUT2D eigenvalue weighted by atomic mass is 35.5. The van der Waals surface area contributed by atoms with Crippen molar-refractivity contribution in [3.8, 4) is 5.75 Å². The number of urea groups is 1. The second kappa shape index (κ2) is 8.57. The van der Waals surface area contributed by atoms with Gasteiger partial charge < -0.3 is 14.8 Å². The topological polar surface area (TPSA) is 67.9 Å². The van der Waals surface area contributed by atoms with E-state index >= 15 is 0 Å². The standard InChI is InChI=1S/C22H23ClN2O4/c1-13(2)29-21(26)19-14(3)25(17-8-10-18(28-4)11-9-17)22(27)24-20(19)15-6-5-7-16(23)12-15/h5-13,20H,1-4H3,(H,24,27). The number of esters is 1. The average molecular weight is 415 g/mol. The van der Waals surface area contributed by atoms with Gasteiger partial charge in [-0.05, 0) is 62.7 Å². The van der Waals surface area contributed by atoms with Gasteiger partial charge in [0.05, 0.1) is 30.5 Å². The minimum atomic E-state index is -0.665. The fourth-order valence-corrected chi connectivity index (χ4v) is 3.46. The van der Waals surface area contributed by atoms with E-state index in [1.807, 2.05) is 6.07 Å². The molecule has 1 N–H and O–H groups in total. The Morgan fingerprint density at radius 3 is 2.45 bits per heavy atom. The summed E-state index contributed by atoms with van der Waals surface area (Å²) in [6, 6.07) is 13.1. The van der Waals surface area contributed by atoms with E-state index < -0.39 is 12.0 Å². The number of allylic oxidation sites excluding steroid dienone is 1. The fourth-order valence-electron chi connectivity index (χ4n) is 3.26. The molecule has 2 amide bonds. The van der Waals surface area contributed by atoms with E-state index in [1.165, 1.54) is 4.90 Å². The molecule has 1 atom stereocenters. The maximum atomic E-state index is 13.0. The molecule has 1 aliphatic rings. The Bertz CT molecular complexity index is 954. The Morgan fingerprint density at radius 1 is 1.17 bits per heavy atom. The molecule has 0 saturated heterocycles. The van der Waals surface area contributed by atoms with E-state index in [9.17, 15) is 9.59 Å². The molecular formula is C22H23ClN2O4. The molecule has 0 aliphatic carbocycles. The smallest absolute Gasteiger partial charge is 0.338 e. The van der Waals surface area contributed by atoms with Crippen LogP contribution in [0.4, 0.5) is 10.5 Å². The second-order valence-electron chi connectivity index (χ2n) is 6.92. The lowest BCUT2D eigenvalue weighted by atomic mass is 9.94. The molecule has 2 aromatic rings. The van der Waals surface area contributed by atoms with Crippen LogP contribution in [0.25, 0.3) is 0 Å². The van der Waals surface area contributed by atoms with Crippen molar-refractivity contribution in [1.29, 1.82) is 0 Å². The molecule has 0 saturated carbocycles. The number of anilines is 1. The SMILES string of the molecule is COc1ccc(N2C(=O)NC(c3cccc(Cl)c3)C(C(=O)OC(C)C)=C2C)cc1. The number of nitrogens with zero attached hydrogens (tertiary/aromatic N) is 1. The molecule has 0 radical (unpaired) electrons. The fraction of sp³-hybridized carbons (Fsp3) is 0.273. The molecule has 0 fully saturated rings. The third-order valence-electron chi connectivity index (χ3n) is 4.56. The number of rotatable bonds is 5. The first-order chi connectivity index (χ1) is 13.8. The summed E-state index contributed by atoms with van der Waals surface area (Å²) in [4.78, 5) is 27.4. The van der Waals surface area contributed by atoms with Crippen molar-refractivity contribution in [2.45, 2.75) is 32.9 Å². The van der Waals surface area contributed by atoms with Crippen LogP contribution in [0.5, 0.6) is 5.75 Å². The quantitative estimate of drug-likeness (QED) is 0.710. The number of benzene rings is 2. The van der Waals surface area contributed by atoms with E-state index in [0.29, 0.717) is 33.3 Å². The molecule has 3 rings (SSSR count). The number of methoxy groups -OCH3 is 1. The molecular weight excluding hydrogens is 392 g/mol. The average Bonchev–Trinajstić information content (AvgIpc) is 2.67. The summed E-state index contributed by atoms with van der Waals surface area (Å²) in [5.74, 6) is 0.185. The summed E-state index contributed by atoms with van der Waals surface area (Å²) in [5, 5.41) is 3.43. The van der Waals surface area contributed by atoms with E-state index in [-0.39, 0.29) is 12.1 Å². The van der Waals surface area contributed by atoms with Gasteiger partial charge in [-0.25, -0.2) is 9.59 Å². The normalized spacial score (nSPS) is 16.7. The van der Waals surface area contributed by atoms with Crippen LogP contribution in [-0.4, -0.2) is 25.2 Å². The van der Waals surface area contributed by atoms with Crippen molar-refractivity contribution in [2.24, 2.45) is 0 Å². The van der Waals surface area contributed by atoms with Gasteiger partial charge in [0.15, 0.2) is 0 Å². The van der Waals surface area contributed by atoms with E-state index in [4.69, 9.17) is 21.1 Å². The molecule has 29 heavy (non-hydrogen) atoms. The molecule has 2 aromatic carbocycles. The lowest BCUT2D eigenvalue weighted by Crippen LogP contribution is -2.48. The summed E-state index contributed by atoms with van der Waals surface area (Å²) in [6.07, 6.45) is -0.296. The van der Waals surface area contributed by atoms with Crippen LogP contribution in [0, 0.1) is 0 Å². The lowest BCUT2D eigenvalue weighted by molar-refractivity contribution is -0.143. The van der Waals surface area contributed by atoms with Crippen molar-refractivity contribution in [1.82, 2.24) is 5.32 Å². The first-order valence-corrected chi connectivity index (χ1v) is 9.61. The van der Waals surface area contributed by atoms with Crippen molar-refractivity contribution in [2.75, 3.05) is 12.0 Å². The molecule has 6 nitrogen and oxygen atoms in total. The van der Waals surface area contributed by atoms with Gasteiger partial charge >= 0.3 is 12.0 Å². The number of hydrogen-bond acceptors (Lipinski definition) is 4. The van der Waals surface area contributed by atoms with Crippen LogP contribution >= 0.6 is 11.6 Å². The molecule has 0 aromatic heterocycles. The summed E-state index contributed by atoms with van der Waals surface area (Å²) in [6.45, 7) is 5.30. The summed E-state index contributed by atoms with van der Waals surface area (Å²) in [5.41, 5.74) is 2.17. The van der Waals surface area contributed by atoms with Gasteiger partial charge in [0.1, 0.15) is 5.75 Å². The minimum Gasteiger partial charge on any atom is -0.497 e. The highest BCUT2D eigenvalue weighted by Crippen LogP contribution is 2.35. The van der Waals surface area contributed by atoms with Crippen LogP contribution in [0.1, 0.15) is 32.4 Å². The summed E-state index contributed by atoms with van der Waals surface area (Å²) < 4.78 is 10.7. The number of amides is 2. The third kappa shape index (κ3) is 4.38. The number of hydrogen-bond donors (Lipinski definition) is 1. The first kappa shape index (κ1) is 20.7. The van der Waals surface area contributed by atoms with Gasteiger partial charge in [0.25, 0.3) is 0 Å². The second-order valence-corrected chi connectivity index (χ2v) is 7.36. The van der Waals surface area contributed by atoms with Crippen LogP contribution in [-0.2, 0) is 9.53 Å². The van der Waals surface area contributed by atoms with Crippen LogP contribution in [0.2, 0.25) is 5.02 Å². The first-order valence-electron chi connectivity index (χ1n) is 9.23. The molecule has 1 unspecified atom stereocenters. The highest BCUT2D eigenvalue weighted by Gasteiger charge is 2.37. The molecule has 1 aliphatic heterocycles. The number of carbonyl (C=O) groups excluding carboxylic acids is 2. The Morgan fingerprint density at radius 2 is 1.86 bits per heavy atom. The zero-order chi connectivity index (χ0) is 21.1. The number of nitrogens with one attached hydrogen (secondary N) is 1. The zero-order valence-electron chi connectivity index (χ0n) is 16.7. The van der Waals surface area contributed by atoms with Crippen molar-refractivity contribution in [3.05, 3.63) is 70.4 Å². The van der Waals surface area contributed by atoms with Crippen molar-refractivity contribution in [3.63, 3.8) is 0 Å². The van der Waals surface area contributed by atoms with Gasteiger partial charge in [-0.2, -0.15) is 0 Å². The summed E-state index contributed by atoms with van der Waals surface area (Å²) >= 11 is 6.13. The van der Waals surface area contributed by atoms with Gasteiger partial charge in [0, 0.05) is 10.7 Å². The zero-order valence-corrected chi connectivity index (χ0v) is 17.5. The molecule has 0 spiro atoms. The monoisotopic (exact) mass is 414 g/mol. The Labute approximate surface area is 175 Å². The van der Waals surface area contributed by atoms with E-state index in [1.54, 1.807) is 70.3 Å². The van der Waals surface area contributed by atoms with E-state index in [2.05, 4.69) is 5.32 Å². The van der Waals surface area contributed by atoms with Gasteiger partial charge in [0.2, 0.25) is 0 Å². The van der Waals surface area contributed by atoms with Crippen LogP contribution in [0.3, 0.4) is 0 Å². The molecule has 7 heteroatoms. The van der Waals surface area contributed by atoms with Crippen LogP contribution < -0.4 is 15.0 Å². The number of ether oxygens (including phenoxy) is 2. The lowest BCUT2D eigenvalue weighted by Gasteiger charge is -2.35. The van der Waals surface area contributed by atoms with Crippen LogP contribution in [0.15, 0.2) is 59.8 Å². The number of halogens is 1. The van der Waals surface area contributed by atoms with Crippen molar-refractivity contribution < 1.29 is 19.1 Å². The highest BCUT2D eigenvalue weighted by molar-refractivity contribution is 6.30. The largest absolute Gasteiger partial charge is 0.497 e. The third-order valence-corrected chi connectivity index (χ3v) is 4.80. The minimum absolute atomic E-state index is 0.296. The predicted octanol–water partition coefficient (Wildman–Crippen LogP) is 4.85. The summed E-state index contributed by atoms with van der Waals surface area (Å²) in [7, 11) is 1.57. The van der Waals surface area contributed by atoms with Crippen molar-refractivity contribution >= 4 is 29.3 Å². The maximum absolute atomic E-state index is 13.0. The molecule has 152 valence electrons. The Balaban J connectivity index is 2.11. The number of carbonyl (C=O) groups is 2. The predicted molar refractivity (Wildman–Crippen MR) is 112 cm³/mol. The Kier molecular flexibility index (Phi) is 6.13. The molecule has 1 heterocycles.